The van der Waals surface area contributed by atoms with E-state index in [-0.39, 0.29) is 0 Å². The van der Waals surface area contributed by atoms with Gasteiger partial charge in [0.25, 0.3) is 0 Å². The molecule has 0 aliphatic carbocycles. The summed E-state index contributed by atoms with van der Waals surface area (Å²) in [6, 6.07) is 20.6. The number of rotatable bonds is 2. The number of hydrogen-bond acceptors (Lipinski definition) is 0. The van der Waals surface area contributed by atoms with E-state index < -0.39 is 0 Å². The largest absolute Gasteiger partial charge is 0.327 e. The van der Waals surface area contributed by atoms with Crippen molar-refractivity contribution in [2.75, 3.05) is 0 Å². The summed E-state index contributed by atoms with van der Waals surface area (Å²) in [5, 5.41) is 1.98. The first-order valence-corrected chi connectivity index (χ1v) is 6.00. The van der Waals surface area contributed by atoms with Crippen molar-refractivity contribution in [1.82, 2.24) is 4.57 Å². The predicted molar refractivity (Wildman–Crippen MR) is 72.5 cm³/mol. The summed E-state index contributed by atoms with van der Waals surface area (Å²) < 4.78 is 2.13. The molecule has 0 bridgehead atoms. The predicted octanol–water partition coefficient (Wildman–Crippen LogP) is 4.34. The van der Waals surface area contributed by atoms with Gasteiger partial charge in [-0.2, -0.15) is 0 Å². The van der Waals surface area contributed by atoms with Gasteiger partial charge in [-0.3, -0.25) is 0 Å². The molecule has 17 heavy (non-hydrogen) atoms. The van der Waals surface area contributed by atoms with E-state index in [9.17, 15) is 0 Å². The first-order valence-electron chi connectivity index (χ1n) is 5.62. The molecule has 3 rings (SSSR count). The lowest BCUT2D eigenvalue weighted by Gasteiger charge is -2.07. The maximum atomic E-state index is 6.28. The van der Waals surface area contributed by atoms with E-state index in [1.807, 2.05) is 24.3 Å². The third kappa shape index (κ3) is 1.94. The fourth-order valence-corrected chi connectivity index (χ4v) is 2.37. The second-order valence-electron chi connectivity index (χ2n) is 4.10. The summed E-state index contributed by atoms with van der Waals surface area (Å²) in [5.41, 5.74) is 2.44. The van der Waals surface area contributed by atoms with Crippen LogP contribution in [0.3, 0.4) is 0 Å². The van der Waals surface area contributed by atoms with E-state index >= 15 is 0 Å². The highest BCUT2D eigenvalue weighted by Gasteiger charge is 2.06. The molecule has 2 heteroatoms. The smallest absolute Gasteiger partial charge is 0.110 e. The van der Waals surface area contributed by atoms with E-state index in [2.05, 4.69) is 41.0 Å². The molecular formula is C15H12ClN. The van der Waals surface area contributed by atoms with Crippen LogP contribution < -0.4 is 0 Å². The quantitative estimate of drug-likeness (QED) is 0.629. The Kier molecular flexibility index (Phi) is 2.62. The molecule has 84 valence electrons. The molecule has 1 nitrogen and oxygen atoms in total. The molecule has 0 saturated heterocycles. The lowest BCUT2D eigenvalue weighted by atomic mass is 10.2. The minimum atomic E-state index is 0.787. The number of hydrogen-bond donors (Lipinski definition) is 0. The fraction of sp³-hybridized carbons (Fsp3) is 0.0667. The zero-order chi connectivity index (χ0) is 11.7. The van der Waals surface area contributed by atoms with Gasteiger partial charge in [0.15, 0.2) is 0 Å². The number of nitrogens with zero attached hydrogens (tertiary/aromatic N) is 1. The average molecular weight is 242 g/mol. The van der Waals surface area contributed by atoms with Crippen LogP contribution in [0, 0.1) is 0 Å². The van der Waals surface area contributed by atoms with E-state index in [4.69, 9.17) is 11.6 Å². The van der Waals surface area contributed by atoms with Gasteiger partial charge in [0.1, 0.15) is 5.15 Å². The minimum Gasteiger partial charge on any atom is -0.327 e. The summed E-state index contributed by atoms with van der Waals surface area (Å²) in [4.78, 5) is 0. The monoisotopic (exact) mass is 241 g/mol. The Hall–Kier alpha value is -1.73. The highest BCUT2D eigenvalue weighted by molar-refractivity contribution is 6.31. The number of benzene rings is 2. The van der Waals surface area contributed by atoms with Crippen LogP contribution in [0.4, 0.5) is 0 Å². The molecule has 0 amide bonds. The highest BCUT2D eigenvalue weighted by atomic mass is 35.5. The normalized spacial score (nSPS) is 10.9. The third-order valence-electron chi connectivity index (χ3n) is 2.94. The summed E-state index contributed by atoms with van der Waals surface area (Å²) in [5.74, 6) is 0. The number of aromatic nitrogens is 1. The van der Waals surface area contributed by atoms with Crippen LogP contribution in [-0.2, 0) is 6.54 Å². The molecule has 0 N–H and O–H groups in total. The van der Waals surface area contributed by atoms with Gasteiger partial charge in [0.2, 0.25) is 0 Å². The van der Waals surface area contributed by atoms with E-state index in [0.717, 1.165) is 11.7 Å². The van der Waals surface area contributed by atoms with Gasteiger partial charge in [0, 0.05) is 17.4 Å². The Labute approximate surface area is 105 Å². The first kappa shape index (κ1) is 10.4. The van der Waals surface area contributed by atoms with E-state index in [1.54, 1.807) is 0 Å². The molecule has 1 heterocycles. The zero-order valence-corrected chi connectivity index (χ0v) is 10.1. The number of para-hydroxylation sites is 1. The van der Waals surface area contributed by atoms with Crippen LogP contribution in [0.15, 0.2) is 60.7 Å². The van der Waals surface area contributed by atoms with Gasteiger partial charge in [-0.15, -0.1) is 0 Å². The molecule has 0 saturated carbocycles. The third-order valence-corrected chi connectivity index (χ3v) is 3.26. The minimum absolute atomic E-state index is 0.787. The SMILES string of the molecule is Clc1cc2ccccc2n1Cc1ccccc1. The summed E-state index contributed by atoms with van der Waals surface area (Å²) in [7, 11) is 0. The van der Waals surface area contributed by atoms with Gasteiger partial charge in [0.05, 0.1) is 0 Å². The summed E-state index contributed by atoms with van der Waals surface area (Å²) >= 11 is 6.28. The molecule has 0 radical (unpaired) electrons. The van der Waals surface area contributed by atoms with Gasteiger partial charge in [-0.25, -0.2) is 0 Å². The molecule has 0 atom stereocenters. The molecule has 3 aromatic rings. The molecular weight excluding hydrogens is 230 g/mol. The molecule has 1 aromatic heterocycles. The van der Waals surface area contributed by atoms with Crippen molar-refractivity contribution >= 4 is 22.5 Å². The van der Waals surface area contributed by atoms with Crippen molar-refractivity contribution in [2.24, 2.45) is 0 Å². The topological polar surface area (TPSA) is 4.93 Å². The Bertz CT molecular complexity index is 640. The van der Waals surface area contributed by atoms with Crippen LogP contribution in [0.2, 0.25) is 5.15 Å². The van der Waals surface area contributed by atoms with Crippen molar-refractivity contribution in [3.63, 3.8) is 0 Å². The second-order valence-corrected chi connectivity index (χ2v) is 4.48. The maximum Gasteiger partial charge on any atom is 0.110 e. The number of halogens is 1. The lowest BCUT2D eigenvalue weighted by Crippen LogP contribution is -1.98. The van der Waals surface area contributed by atoms with Gasteiger partial charge >= 0.3 is 0 Å². The van der Waals surface area contributed by atoms with Crippen molar-refractivity contribution in [2.45, 2.75) is 6.54 Å². The molecule has 0 fully saturated rings. The van der Waals surface area contributed by atoms with Crippen LogP contribution in [0.5, 0.6) is 0 Å². The standard InChI is InChI=1S/C15H12ClN/c16-15-10-13-8-4-5-9-14(13)17(15)11-12-6-2-1-3-7-12/h1-10H,11H2. The van der Waals surface area contributed by atoms with E-state index in [1.165, 1.54) is 16.5 Å². The van der Waals surface area contributed by atoms with Gasteiger partial charge < -0.3 is 4.57 Å². The fourth-order valence-electron chi connectivity index (χ4n) is 2.10. The van der Waals surface area contributed by atoms with Crippen molar-refractivity contribution in [1.29, 1.82) is 0 Å². The van der Waals surface area contributed by atoms with Crippen LogP contribution >= 0.6 is 11.6 Å². The number of fused-ring (bicyclic) bond motifs is 1. The van der Waals surface area contributed by atoms with E-state index in [0.29, 0.717) is 0 Å². The van der Waals surface area contributed by atoms with Gasteiger partial charge in [-0.1, -0.05) is 60.1 Å². The van der Waals surface area contributed by atoms with Crippen LogP contribution in [-0.4, -0.2) is 4.57 Å². The van der Waals surface area contributed by atoms with Crippen molar-refractivity contribution in [3.05, 3.63) is 71.4 Å². The zero-order valence-electron chi connectivity index (χ0n) is 9.31. The molecule has 0 aliphatic rings. The van der Waals surface area contributed by atoms with Gasteiger partial charge in [-0.05, 0) is 17.7 Å². The molecule has 0 unspecified atom stereocenters. The Balaban J connectivity index is 2.08. The second kappa shape index (κ2) is 4.27. The Morgan fingerprint density at radius 2 is 1.59 bits per heavy atom. The van der Waals surface area contributed by atoms with Crippen LogP contribution in [0.25, 0.3) is 10.9 Å². The Morgan fingerprint density at radius 3 is 2.41 bits per heavy atom. The van der Waals surface area contributed by atoms with Crippen molar-refractivity contribution in [3.8, 4) is 0 Å². The Morgan fingerprint density at radius 1 is 0.882 bits per heavy atom. The first-order chi connectivity index (χ1) is 8.34. The molecule has 2 aromatic carbocycles. The molecule has 0 aliphatic heterocycles. The summed E-state index contributed by atoms with van der Waals surface area (Å²) in [6.07, 6.45) is 0. The molecule has 0 spiro atoms. The van der Waals surface area contributed by atoms with Crippen molar-refractivity contribution < 1.29 is 0 Å². The maximum absolute atomic E-state index is 6.28. The van der Waals surface area contributed by atoms with Crippen LogP contribution in [0.1, 0.15) is 5.56 Å². The summed E-state index contributed by atoms with van der Waals surface area (Å²) in [6.45, 7) is 0.813. The lowest BCUT2D eigenvalue weighted by molar-refractivity contribution is 0.838. The average Bonchev–Trinajstić information content (AvgIpc) is 2.68. The highest BCUT2D eigenvalue weighted by Crippen LogP contribution is 2.24.